The van der Waals surface area contributed by atoms with Gasteiger partial charge in [0.15, 0.2) is 11.4 Å². The standard InChI is InChI=1S/C20H17N3S/c1-15(18-5-3-2-4-6-18)11-16-7-9-17(10-8-16)12-19-13-22-20(24-19)23-14-21/h2-12H,13H2,1H3,(H,22,23)/b15-11?,19-12+. The van der Waals surface area contributed by atoms with Gasteiger partial charge < -0.3 is 0 Å². The van der Waals surface area contributed by atoms with Crippen LogP contribution in [-0.4, -0.2) is 11.7 Å². The summed E-state index contributed by atoms with van der Waals surface area (Å²) >= 11 is 1.51. The van der Waals surface area contributed by atoms with Crippen LogP contribution in [0.3, 0.4) is 0 Å². The van der Waals surface area contributed by atoms with Crippen LogP contribution in [0.4, 0.5) is 0 Å². The van der Waals surface area contributed by atoms with Crippen molar-refractivity contribution in [1.29, 1.82) is 5.26 Å². The fraction of sp³-hybridized carbons (Fsp3) is 0.100. The molecule has 4 heteroatoms. The van der Waals surface area contributed by atoms with Gasteiger partial charge in [0, 0.05) is 4.91 Å². The molecule has 0 radical (unpaired) electrons. The van der Waals surface area contributed by atoms with Crippen molar-refractivity contribution in [3.05, 3.63) is 76.2 Å². The SMILES string of the molecule is CC(=Cc1ccc(/C=C2\CN=C(NC#N)S2)cc1)c1ccccc1. The summed E-state index contributed by atoms with van der Waals surface area (Å²) in [5, 5.41) is 11.9. The minimum atomic E-state index is 0.628. The average Bonchev–Trinajstić information content (AvgIpc) is 3.05. The van der Waals surface area contributed by atoms with Gasteiger partial charge in [-0.1, -0.05) is 72.4 Å². The molecule has 0 fully saturated rings. The molecule has 1 heterocycles. The van der Waals surface area contributed by atoms with Gasteiger partial charge in [0.25, 0.3) is 0 Å². The second-order valence-corrected chi connectivity index (χ2v) is 6.55. The van der Waals surface area contributed by atoms with Crippen LogP contribution in [0.15, 0.2) is 64.5 Å². The Labute approximate surface area is 146 Å². The van der Waals surface area contributed by atoms with Gasteiger partial charge in [-0.2, -0.15) is 5.26 Å². The van der Waals surface area contributed by atoms with Crippen LogP contribution in [0.1, 0.15) is 23.6 Å². The molecule has 2 aromatic carbocycles. The van der Waals surface area contributed by atoms with Gasteiger partial charge in [-0.25, -0.2) is 0 Å². The minimum Gasteiger partial charge on any atom is -0.271 e. The molecule has 0 amide bonds. The van der Waals surface area contributed by atoms with E-state index in [0.29, 0.717) is 11.7 Å². The third-order valence-electron chi connectivity index (χ3n) is 3.65. The van der Waals surface area contributed by atoms with Crippen molar-refractivity contribution in [3.63, 3.8) is 0 Å². The Balaban J connectivity index is 1.70. The van der Waals surface area contributed by atoms with Gasteiger partial charge in [-0.3, -0.25) is 10.3 Å². The van der Waals surface area contributed by atoms with Crippen molar-refractivity contribution in [1.82, 2.24) is 5.32 Å². The number of amidine groups is 1. The van der Waals surface area contributed by atoms with E-state index >= 15 is 0 Å². The summed E-state index contributed by atoms with van der Waals surface area (Å²) in [6.45, 7) is 2.75. The predicted octanol–water partition coefficient (Wildman–Crippen LogP) is 4.76. The molecule has 0 saturated heterocycles. The Morgan fingerprint density at radius 3 is 2.54 bits per heavy atom. The lowest BCUT2D eigenvalue weighted by atomic mass is 10.0. The lowest BCUT2D eigenvalue weighted by Gasteiger charge is -2.03. The predicted molar refractivity (Wildman–Crippen MR) is 103 cm³/mol. The first-order chi connectivity index (χ1) is 11.7. The highest BCUT2D eigenvalue weighted by Gasteiger charge is 2.11. The molecule has 0 saturated carbocycles. The smallest absolute Gasteiger partial charge is 0.183 e. The topological polar surface area (TPSA) is 48.2 Å². The summed E-state index contributed by atoms with van der Waals surface area (Å²) in [6, 6.07) is 18.8. The molecule has 0 spiro atoms. The summed E-state index contributed by atoms with van der Waals surface area (Å²) in [7, 11) is 0. The molecule has 1 N–H and O–H groups in total. The molecule has 2 aromatic rings. The fourth-order valence-electron chi connectivity index (χ4n) is 2.44. The number of hydrogen-bond donors (Lipinski definition) is 1. The molecule has 0 aliphatic carbocycles. The fourth-order valence-corrected chi connectivity index (χ4v) is 3.23. The summed E-state index contributed by atoms with van der Waals surface area (Å²) < 4.78 is 0. The van der Waals surface area contributed by atoms with E-state index in [1.54, 1.807) is 0 Å². The van der Waals surface area contributed by atoms with E-state index in [4.69, 9.17) is 5.26 Å². The van der Waals surface area contributed by atoms with Crippen molar-refractivity contribution < 1.29 is 0 Å². The van der Waals surface area contributed by atoms with E-state index in [9.17, 15) is 0 Å². The first-order valence-electron chi connectivity index (χ1n) is 7.66. The maximum Gasteiger partial charge on any atom is 0.183 e. The third kappa shape index (κ3) is 4.15. The Kier molecular flexibility index (Phi) is 5.15. The van der Waals surface area contributed by atoms with E-state index in [-0.39, 0.29) is 0 Å². The van der Waals surface area contributed by atoms with Gasteiger partial charge in [0.2, 0.25) is 0 Å². The second-order valence-electron chi connectivity index (χ2n) is 5.43. The van der Waals surface area contributed by atoms with E-state index in [1.807, 2.05) is 12.3 Å². The summed E-state index contributed by atoms with van der Waals surface area (Å²) in [4.78, 5) is 5.40. The molecule has 118 valence electrons. The van der Waals surface area contributed by atoms with E-state index in [0.717, 1.165) is 10.5 Å². The number of nitriles is 1. The lowest BCUT2D eigenvalue weighted by Crippen LogP contribution is -2.10. The van der Waals surface area contributed by atoms with Crippen molar-refractivity contribution in [2.75, 3.05) is 6.54 Å². The molecule has 0 bridgehead atoms. The van der Waals surface area contributed by atoms with Gasteiger partial charge in [0.1, 0.15) is 0 Å². The van der Waals surface area contributed by atoms with Crippen molar-refractivity contribution in [2.45, 2.75) is 6.92 Å². The van der Waals surface area contributed by atoms with Crippen LogP contribution in [0.5, 0.6) is 0 Å². The van der Waals surface area contributed by atoms with Gasteiger partial charge in [-0.15, -0.1) is 0 Å². The largest absolute Gasteiger partial charge is 0.271 e. The normalized spacial score (nSPS) is 15.9. The van der Waals surface area contributed by atoms with Crippen LogP contribution in [-0.2, 0) is 0 Å². The summed E-state index contributed by atoms with van der Waals surface area (Å²) in [5.74, 6) is 0. The number of allylic oxidation sites excluding steroid dienone is 1. The molecule has 0 aromatic heterocycles. The highest BCUT2D eigenvalue weighted by atomic mass is 32.2. The van der Waals surface area contributed by atoms with Crippen LogP contribution < -0.4 is 5.32 Å². The van der Waals surface area contributed by atoms with Gasteiger partial charge >= 0.3 is 0 Å². The number of nitrogens with one attached hydrogen (secondary N) is 1. The molecule has 1 aliphatic rings. The zero-order valence-corrected chi connectivity index (χ0v) is 14.2. The monoisotopic (exact) mass is 331 g/mol. The average molecular weight is 331 g/mol. The van der Waals surface area contributed by atoms with E-state index < -0.39 is 0 Å². The summed E-state index contributed by atoms with van der Waals surface area (Å²) in [5.41, 5.74) is 4.80. The van der Waals surface area contributed by atoms with Crippen molar-refractivity contribution in [3.8, 4) is 6.19 Å². The first kappa shape index (κ1) is 16.1. The van der Waals surface area contributed by atoms with Gasteiger partial charge in [-0.05, 0) is 35.3 Å². The van der Waals surface area contributed by atoms with E-state index in [2.05, 4.69) is 77.9 Å². The number of benzene rings is 2. The third-order valence-corrected chi connectivity index (χ3v) is 4.58. The molecule has 0 unspecified atom stereocenters. The Morgan fingerprint density at radius 1 is 1.12 bits per heavy atom. The maximum absolute atomic E-state index is 8.61. The van der Waals surface area contributed by atoms with Crippen LogP contribution >= 0.6 is 11.8 Å². The highest BCUT2D eigenvalue weighted by molar-refractivity contribution is 8.17. The molecule has 0 atom stereocenters. The minimum absolute atomic E-state index is 0.628. The maximum atomic E-state index is 8.61. The highest BCUT2D eigenvalue weighted by Crippen LogP contribution is 2.26. The van der Waals surface area contributed by atoms with Crippen molar-refractivity contribution in [2.24, 2.45) is 4.99 Å². The molecule has 24 heavy (non-hydrogen) atoms. The number of aliphatic imine (C=N–C) groups is 1. The van der Waals surface area contributed by atoms with Gasteiger partial charge in [0.05, 0.1) is 6.54 Å². The van der Waals surface area contributed by atoms with Crippen LogP contribution in [0.25, 0.3) is 17.7 Å². The molecular weight excluding hydrogens is 314 g/mol. The number of nitrogens with zero attached hydrogens (tertiary/aromatic N) is 2. The zero-order chi connectivity index (χ0) is 16.8. The molecule has 3 nitrogen and oxygen atoms in total. The zero-order valence-electron chi connectivity index (χ0n) is 13.4. The van der Waals surface area contributed by atoms with E-state index in [1.165, 1.54) is 28.5 Å². The molecule has 1 aliphatic heterocycles. The Hall–Kier alpha value is -2.77. The molecular formula is C20H17N3S. The Morgan fingerprint density at radius 2 is 1.83 bits per heavy atom. The quantitative estimate of drug-likeness (QED) is 0.501. The first-order valence-corrected chi connectivity index (χ1v) is 8.48. The Bertz CT molecular complexity index is 841. The van der Waals surface area contributed by atoms with Crippen LogP contribution in [0.2, 0.25) is 0 Å². The summed E-state index contributed by atoms with van der Waals surface area (Å²) in [6.07, 6.45) is 6.20. The number of thioether (sulfide) groups is 1. The number of hydrogen-bond acceptors (Lipinski definition) is 4. The second kappa shape index (κ2) is 7.67. The lowest BCUT2D eigenvalue weighted by molar-refractivity contribution is 1.21. The number of rotatable bonds is 3. The molecule has 3 rings (SSSR count). The van der Waals surface area contributed by atoms with Crippen LogP contribution in [0, 0.1) is 11.5 Å². The van der Waals surface area contributed by atoms with Crippen molar-refractivity contribution >= 4 is 34.7 Å².